The van der Waals surface area contributed by atoms with E-state index in [2.05, 4.69) is 26.1 Å². The minimum absolute atomic E-state index is 0.0730. The van der Waals surface area contributed by atoms with Gasteiger partial charge in [0.1, 0.15) is 5.82 Å². The fourth-order valence-corrected chi connectivity index (χ4v) is 2.18. The molecule has 5 heteroatoms. The highest BCUT2D eigenvalue weighted by Gasteiger charge is 2.19. The Morgan fingerprint density at radius 1 is 1.38 bits per heavy atom. The van der Waals surface area contributed by atoms with E-state index in [0.717, 1.165) is 25.0 Å². The van der Waals surface area contributed by atoms with Crippen molar-refractivity contribution in [2.75, 3.05) is 17.6 Å². The standard InChI is InChI=1S/C16H25FN2O2/c1-4-5-6-7-16(2,3)10-19-14-9-12(17)11(15(20)21)8-13(14)18/h8-9,19H,4-7,10,18H2,1-3H3,(H,20,21). The van der Waals surface area contributed by atoms with Crippen LogP contribution in [0.3, 0.4) is 0 Å². The summed E-state index contributed by atoms with van der Waals surface area (Å²) in [6, 6.07) is 2.31. The van der Waals surface area contributed by atoms with Gasteiger partial charge >= 0.3 is 5.97 Å². The summed E-state index contributed by atoms with van der Waals surface area (Å²) in [5, 5.41) is 12.0. The van der Waals surface area contributed by atoms with Crippen molar-refractivity contribution in [3.8, 4) is 0 Å². The lowest BCUT2D eigenvalue weighted by molar-refractivity contribution is 0.0692. The van der Waals surface area contributed by atoms with Crippen molar-refractivity contribution >= 4 is 17.3 Å². The quantitative estimate of drug-likeness (QED) is 0.498. The van der Waals surface area contributed by atoms with Crippen LogP contribution in [-0.2, 0) is 0 Å². The lowest BCUT2D eigenvalue weighted by Gasteiger charge is -2.26. The first-order valence-corrected chi connectivity index (χ1v) is 7.33. The van der Waals surface area contributed by atoms with E-state index in [9.17, 15) is 9.18 Å². The van der Waals surface area contributed by atoms with Crippen molar-refractivity contribution in [2.24, 2.45) is 5.41 Å². The van der Waals surface area contributed by atoms with Crippen LogP contribution in [0.4, 0.5) is 15.8 Å². The number of unbranched alkanes of at least 4 members (excludes halogenated alkanes) is 2. The van der Waals surface area contributed by atoms with E-state index in [1.54, 1.807) is 0 Å². The van der Waals surface area contributed by atoms with E-state index in [-0.39, 0.29) is 11.1 Å². The van der Waals surface area contributed by atoms with E-state index in [4.69, 9.17) is 10.8 Å². The molecule has 0 unspecified atom stereocenters. The molecule has 0 aliphatic carbocycles. The number of hydrogen-bond acceptors (Lipinski definition) is 3. The molecule has 0 bridgehead atoms. The molecule has 0 fully saturated rings. The lowest BCUT2D eigenvalue weighted by atomic mass is 9.87. The minimum Gasteiger partial charge on any atom is -0.478 e. The molecular formula is C16H25FN2O2. The Hall–Kier alpha value is -1.78. The molecule has 4 nitrogen and oxygen atoms in total. The van der Waals surface area contributed by atoms with Crippen LogP contribution in [0.25, 0.3) is 0 Å². The first-order valence-electron chi connectivity index (χ1n) is 7.33. The maximum absolute atomic E-state index is 13.7. The zero-order valence-corrected chi connectivity index (χ0v) is 13.0. The van der Waals surface area contributed by atoms with Gasteiger partial charge in [0.2, 0.25) is 0 Å². The zero-order chi connectivity index (χ0) is 16.0. The second-order valence-electron chi connectivity index (χ2n) is 6.20. The molecule has 1 aromatic rings. The number of aromatic carboxylic acids is 1. The molecule has 0 radical (unpaired) electrons. The first kappa shape index (κ1) is 17.3. The van der Waals surface area contributed by atoms with E-state index in [0.29, 0.717) is 12.2 Å². The molecule has 0 spiro atoms. The fraction of sp³-hybridized carbons (Fsp3) is 0.562. The Bertz CT molecular complexity index is 501. The molecule has 0 amide bonds. The average molecular weight is 296 g/mol. The van der Waals surface area contributed by atoms with Crippen LogP contribution < -0.4 is 11.1 Å². The molecule has 0 heterocycles. The predicted molar refractivity (Wildman–Crippen MR) is 84.2 cm³/mol. The fourth-order valence-electron chi connectivity index (χ4n) is 2.18. The van der Waals surface area contributed by atoms with E-state index in [1.165, 1.54) is 12.8 Å². The van der Waals surface area contributed by atoms with Crippen molar-refractivity contribution in [1.82, 2.24) is 0 Å². The number of nitrogens with two attached hydrogens (primary N) is 1. The van der Waals surface area contributed by atoms with E-state index >= 15 is 0 Å². The molecule has 21 heavy (non-hydrogen) atoms. The number of carboxylic acid groups (broad SMARTS) is 1. The van der Waals surface area contributed by atoms with Crippen LogP contribution >= 0.6 is 0 Å². The van der Waals surface area contributed by atoms with Crippen LogP contribution in [0.15, 0.2) is 12.1 Å². The smallest absolute Gasteiger partial charge is 0.338 e. The Labute approximate surface area is 125 Å². The van der Waals surface area contributed by atoms with Gasteiger partial charge in [-0.1, -0.05) is 40.0 Å². The Kier molecular flexibility index (Phi) is 6.00. The summed E-state index contributed by atoms with van der Waals surface area (Å²) < 4.78 is 13.7. The van der Waals surface area contributed by atoms with Gasteiger partial charge < -0.3 is 16.2 Å². The summed E-state index contributed by atoms with van der Waals surface area (Å²) in [5.74, 6) is -2.09. The van der Waals surface area contributed by atoms with E-state index < -0.39 is 17.3 Å². The van der Waals surface area contributed by atoms with Gasteiger partial charge in [-0.3, -0.25) is 0 Å². The summed E-state index contributed by atoms with van der Waals surface area (Å²) in [4.78, 5) is 10.8. The molecule has 0 atom stereocenters. The number of rotatable bonds is 8. The van der Waals surface area contributed by atoms with Crippen molar-refractivity contribution in [3.63, 3.8) is 0 Å². The maximum Gasteiger partial charge on any atom is 0.338 e. The maximum atomic E-state index is 13.7. The lowest BCUT2D eigenvalue weighted by Crippen LogP contribution is -2.23. The number of hydrogen-bond donors (Lipinski definition) is 3. The van der Waals surface area contributed by atoms with Gasteiger partial charge in [0.15, 0.2) is 0 Å². The summed E-state index contributed by atoms with van der Waals surface area (Å²) in [6.45, 7) is 7.12. The molecular weight excluding hydrogens is 271 g/mol. The number of nitrogens with one attached hydrogen (secondary N) is 1. The third-order valence-electron chi connectivity index (χ3n) is 3.58. The zero-order valence-electron chi connectivity index (χ0n) is 13.0. The Balaban J connectivity index is 2.71. The molecule has 0 saturated carbocycles. The highest BCUT2D eigenvalue weighted by atomic mass is 19.1. The molecule has 0 aliphatic rings. The SMILES string of the molecule is CCCCCC(C)(C)CNc1cc(F)c(C(=O)O)cc1N. The molecule has 118 valence electrons. The van der Waals surface area contributed by atoms with Gasteiger partial charge in [0.25, 0.3) is 0 Å². The number of nitrogen functional groups attached to an aromatic ring is 1. The number of carboxylic acids is 1. The average Bonchev–Trinajstić information content (AvgIpc) is 2.39. The van der Waals surface area contributed by atoms with Crippen molar-refractivity contribution in [3.05, 3.63) is 23.5 Å². The second-order valence-corrected chi connectivity index (χ2v) is 6.20. The van der Waals surface area contributed by atoms with Crippen molar-refractivity contribution in [2.45, 2.75) is 46.5 Å². The summed E-state index contributed by atoms with van der Waals surface area (Å²) in [7, 11) is 0. The largest absolute Gasteiger partial charge is 0.478 e. The van der Waals surface area contributed by atoms with Gasteiger partial charge in [-0.15, -0.1) is 0 Å². The van der Waals surface area contributed by atoms with Crippen molar-refractivity contribution < 1.29 is 14.3 Å². The monoisotopic (exact) mass is 296 g/mol. The van der Waals surface area contributed by atoms with Gasteiger partial charge in [-0.2, -0.15) is 0 Å². The number of halogens is 1. The number of anilines is 2. The molecule has 0 aromatic heterocycles. The van der Waals surface area contributed by atoms with Crippen LogP contribution in [0.5, 0.6) is 0 Å². The summed E-state index contributed by atoms with van der Waals surface area (Å²) >= 11 is 0. The van der Waals surface area contributed by atoms with Gasteiger partial charge in [-0.25, -0.2) is 9.18 Å². The third kappa shape index (κ3) is 5.25. The third-order valence-corrected chi connectivity index (χ3v) is 3.58. The van der Waals surface area contributed by atoms with Crippen LogP contribution in [0.1, 0.15) is 56.8 Å². The first-order chi connectivity index (χ1) is 9.76. The summed E-state index contributed by atoms with van der Waals surface area (Å²) in [6.07, 6.45) is 4.61. The van der Waals surface area contributed by atoms with Crippen LogP contribution in [0.2, 0.25) is 0 Å². The predicted octanol–water partition coefficient (Wildman–Crippen LogP) is 4.12. The molecule has 0 aliphatic heterocycles. The number of carbonyl (C=O) groups is 1. The highest BCUT2D eigenvalue weighted by molar-refractivity contribution is 5.90. The summed E-state index contributed by atoms with van der Waals surface area (Å²) in [5.41, 5.74) is 6.15. The number of benzene rings is 1. The Morgan fingerprint density at radius 3 is 2.62 bits per heavy atom. The topological polar surface area (TPSA) is 75.3 Å². The van der Waals surface area contributed by atoms with E-state index in [1.807, 2.05) is 0 Å². The normalized spacial score (nSPS) is 11.4. The minimum atomic E-state index is -1.31. The van der Waals surface area contributed by atoms with Gasteiger partial charge in [0, 0.05) is 6.54 Å². The van der Waals surface area contributed by atoms with Gasteiger partial charge in [0.05, 0.1) is 16.9 Å². The highest BCUT2D eigenvalue weighted by Crippen LogP contribution is 2.28. The second kappa shape index (κ2) is 7.29. The molecule has 0 saturated heterocycles. The van der Waals surface area contributed by atoms with Crippen LogP contribution in [0, 0.1) is 11.2 Å². The van der Waals surface area contributed by atoms with Gasteiger partial charge in [-0.05, 0) is 24.0 Å². The van der Waals surface area contributed by atoms with Crippen LogP contribution in [-0.4, -0.2) is 17.6 Å². The Morgan fingerprint density at radius 2 is 2.05 bits per heavy atom. The molecule has 1 rings (SSSR count). The molecule has 1 aromatic carbocycles. The molecule has 4 N–H and O–H groups in total. The van der Waals surface area contributed by atoms with Crippen molar-refractivity contribution in [1.29, 1.82) is 0 Å².